The number of amides is 1. The molecule has 0 unspecified atom stereocenters. The molecule has 1 aromatic rings. The number of nitrogens with zero attached hydrogens (tertiary/aromatic N) is 3. The number of likely N-dealkylation sites (tertiary alicyclic amines) is 1. The normalized spacial score (nSPS) is 26.7. The van der Waals surface area contributed by atoms with Gasteiger partial charge in [-0.25, -0.2) is 8.42 Å². The summed E-state index contributed by atoms with van der Waals surface area (Å²) in [6.45, 7) is 3.53. The molecule has 122 valence electrons. The van der Waals surface area contributed by atoms with Crippen LogP contribution in [0.3, 0.4) is 0 Å². The van der Waals surface area contributed by atoms with E-state index < -0.39 is 15.6 Å². The lowest BCUT2D eigenvalue weighted by Crippen LogP contribution is -2.58. The molecule has 0 bridgehead atoms. The van der Waals surface area contributed by atoms with Gasteiger partial charge in [0, 0.05) is 25.3 Å². The molecule has 0 aromatic carbocycles. The Morgan fingerprint density at radius 1 is 1.32 bits per heavy atom. The molecule has 2 aliphatic rings. The van der Waals surface area contributed by atoms with Gasteiger partial charge in [0.25, 0.3) is 5.91 Å². The van der Waals surface area contributed by atoms with Gasteiger partial charge in [0.05, 0.1) is 11.8 Å². The number of nitrogens with one attached hydrogen (secondary N) is 1. The molecule has 7 nitrogen and oxygen atoms in total. The minimum atomic E-state index is -3.25. The molecule has 22 heavy (non-hydrogen) atoms. The van der Waals surface area contributed by atoms with Gasteiger partial charge < -0.3 is 4.90 Å². The Labute approximate surface area is 130 Å². The summed E-state index contributed by atoms with van der Waals surface area (Å²) in [5.74, 6) is -0.122. The van der Waals surface area contributed by atoms with E-state index in [-0.39, 0.29) is 5.91 Å². The van der Waals surface area contributed by atoms with Crippen molar-refractivity contribution < 1.29 is 13.2 Å². The zero-order valence-electron chi connectivity index (χ0n) is 13.0. The summed E-state index contributed by atoms with van der Waals surface area (Å²) in [5.41, 5.74) is 0.819. The maximum Gasteiger partial charge on any atom is 0.274 e. The van der Waals surface area contributed by atoms with Gasteiger partial charge in [0.15, 0.2) is 0 Å². The van der Waals surface area contributed by atoms with Gasteiger partial charge in [0.2, 0.25) is 10.0 Å². The van der Waals surface area contributed by atoms with E-state index in [0.29, 0.717) is 25.3 Å². The van der Waals surface area contributed by atoms with E-state index in [2.05, 4.69) is 10.2 Å². The van der Waals surface area contributed by atoms with Crippen LogP contribution in [0.5, 0.6) is 0 Å². The van der Waals surface area contributed by atoms with Crippen molar-refractivity contribution in [3.05, 3.63) is 17.5 Å². The monoisotopic (exact) mass is 326 g/mol. The maximum absolute atomic E-state index is 12.6. The molecule has 1 N–H and O–H groups in total. The number of hydrogen-bond acceptors (Lipinski definition) is 4. The van der Waals surface area contributed by atoms with Crippen LogP contribution >= 0.6 is 0 Å². The maximum atomic E-state index is 12.6. The zero-order valence-corrected chi connectivity index (χ0v) is 13.8. The summed E-state index contributed by atoms with van der Waals surface area (Å²) in [7, 11) is -3.25. The molecule has 1 amide bonds. The van der Waals surface area contributed by atoms with Crippen molar-refractivity contribution in [3.63, 3.8) is 0 Å². The van der Waals surface area contributed by atoms with Gasteiger partial charge in [-0.1, -0.05) is 0 Å². The largest absolute Gasteiger partial charge is 0.335 e. The van der Waals surface area contributed by atoms with Crippen LogP contribution in [-0.2, 0) is 10.0 Å². The second-order valence-electron chi connectivity index (χ2n) is 6.43. The van der Waals surface area contributed by atoms with E-state index in [1.165, 1.54) is 6.26 Å². The molecular weight excluding hydrogens is 304 g/mol. The highest BCUT2D eigenvalue weighted by atomic mass is 32.2. The summed E-state index contributed by atoms with van der Waals surface area (Å²) in [6.07, 6.45) is 4.59. The fourth-order valence-electron chi connectivity index (χ4n) is 3.81. The van der Waals surface area contributed by atoms with Crippen LogP contribution < -0.4 is 0 Å². The van der Waals surface area contributed by atoms with E-state index >= 15 is 0 Å². The Bertz CT molecular complexity index is 684. The van der Waals surface area contributed by atoms with Crippen molar-refractivity contribution in [2.24, 2.45) is 0 Å². The van der Waals surface area contributed by atoms with Gasteiger partial charge in [-0.05, 0) is 38.7 Å². The van der Waals surface area contributed by atoms with Crippen molar-refractivity contribution in [2.75, 3.05) is 25.9 Å². The number of piperidine rings is 1. The van der Waals surface area contributed by atoms with Crippen molar-refractivity contribution >= 4 is 15.9 Å². The van der Waals surface area contributed by atoms with E-state index in [1.807, 2.05) is 6.92 Å². The second kappa shape index (κ2) is 5.34. The fourth-order valence-corrected chi connectivity index (χ4v) is 5.22. The summed E-state index contributed by atoms with van der Waals surface area (Å²) in [6, 6.07) is 1.73. The summed E-state index contributed by atoms with van der Waals surface area (Å²) >= 11 is 0. The number of aromatic amines is 1. The van der Waals surface area contributed by atoms with Crippen molar-refractivity contribution in [2.45, 2.75) is 38.1 Å². The van der Waals surface area contributed by atoms with Gasteiger partial charge >= 0.3 is 0 Å². The molecular formula is C14H22N4O3S. The highest BCUT2D eigenvalue weighted by Gasteiger charge is 2.48. The van der Waals surface area contributed by atoms with Gasteiger partial charge in [-0.15, -0.1) is 0 Å². The Kier molecular flexibility index (Phi) is 3.76. The predicted octanol–water partition coefficient (Wildman–Crippen LogP) is 0.748. The van der Waals surface area contributed by atoms with E-state index in [4.69, 9.17) is 0 Å². The highest BCUT2D eigenvalue weighted by Crippen LogP contribution is 2.39. The van der Waals surface area contributed by atoms with Crippen molar-refractivity contribution in [3.8, 4) is 0 Å². The molecule has 3 rings (SSSR count). The second-order valence-corrected chi connectivity index (χ2v) is 8.34. The first-order chi connectivity index (χ1) is 10.3. The third-order valence-electron chi connectivity index (χ3n) is 4.70. The number of hydrogen-bond donors (Lipinski definition) is 1. The molecule has 0 saturated carbocycles. The van der Waals surface area contributed by atoms with Gasteiger partial charge in [0.1, 0.15) is 5.69 Å². The lowest BCUT2D eigenvalue weighted by molar-refractivity contribution is 0.0519. The molecule has 0 aliphatic carbocycles. The number of rotatable bonds is 2. The van der Waals surface area contributed by atoms with Gasteiger partial charge in [-0.3, -0.25) is 9.89 Å². The number of aromatic nitrogens is 2. The van der Waals surface area contributed by atoms with E-state index in [9.17, 15) is 13.2 Å². The van der Waals surface area contributed by atoms with Crippen LogP contribution in [0.4, 0.5) is 0 Å². The number of H-pyrrole nitrogens is 1. The first kappa shape index (κ1) is 15.5. The summed E-state index contributed by atoms with van der Waals surface area (Å²) in [5, 5.41) is 6.80. The Hall–Kier alpha value is -1.41. The first-order valence-electron chi connectivity index (χ1n) is 7.61. The Morgan fingerprint density at radius 3 is 2.59 bits per heavy atom. The highest BCUT2D eigenvalue weighted by molar-refractivity contribution is 7.88. The number of aryl methyl sites for hydroxylation is 1. The molecule has 2 saturated heterocycles. The minimum Gasteiger partial charge on any atom is -0.335 e. The average molecular weight is 326 g/mol. The first-order valence-corrected chi connectivity index (χ1v) is 9.46. The van der Waals surface area contributed by atoms with Crippen LogP contribution in [0.1, 0.15) is 41.9 Å². The topological polar surface area (TPSA) is 86.4 Å². The third kappa shape index (κ3) is 2.65. The Balaban J connectivity index is 1.83. The molecule has 1 spiro atoms. The quantitative estimate of drug-likeness (QED) is 0.869. The third-order valence-corrected chi connectivity index (χ3v) is 6.07. The Morgan fingerprint density at radius 2 is 2.00 bits per heavy atom. The summed E-state index contributed by atoms with van der Waals surface area (Å²) in [4.78, 5) is 14.3. The molecule has 2 fully saturated rings. The number of carbonyl (C=O) groups excluding carboxylic acids is 1. The van der Waals surface area contributed by atoms with Crippen molar-refractivity contribution in [1.29, 1.82) is 0 Å². The lowest BCUT2D eigenvalue weighted by atomic mass is 9.87. The lowest BCUT2D eigenvalue weighted by Gasteiger charge is -2.44. The van der Waals surface area contributed by atoms with Crippen LogP contribution in [0.15, 0.2) is 6.07 Å². The predicted molar refractivity (Wildman–Crippen MR) is 82.0 cm³/mol. The molecule has 0 radical (unpaired) electrons. The van der Waals surface area contributed by atoms with E-state index in [1.54, 1.807) is 15.3 Å². The van der Waals surface area contributed by atoms with Crippen LogP contribution in [0.25, 0.3) is 0 Å². The summed E-state index contributed by atoms with van der Waals surface area (Å²) < 4.78 is 25.7. The van der Waals surface area contributed by atoms with Crippen LogP contribution in [0, 0.1) is 6.92 Å². The van der Waals surface area contributed by atoms with Crippen LogP contribution in [0.2, 0.25) is 0 Å². The zero-order chi connectivity index (χ0) is 16.0. The molecule has 3 heterocycles. The van der Waals surface area contributed by atoms with Crippen molar-refractivity contribution in [1.82, 2.24) is 19.4 Å². The SMILES string of the molecule is Cc1cc(C(=O)N2CCC[C@]3(CCCN3S(C)(=O)=O)C2)n[nH]1. The minimum absolute atomic E-state index is 0.122. The molecule has 1 atom stereocenters. The number of sulfonamides is 1. The van der Waals surface area contributed by atoms with E-state index in [0.717, 1.165) is 31.4 Å². The fraction of sp³-hybridized carbons (Fsp3) is 0.714. The average Bonchev–Trinajstić information content (AvgIpc) is 3.04. The smallest absolute Gasteiger partial charge is 0.274 e. The molecule has 8 heteroatoms. The standard InChI is InChI=1S/C14H22N4O3S/c1-11-9-12(16-15-11)13(19)17-7-3-5-14(10-17)6-4-8-18(14)22(2,20)21/h9H,3-8,10H2,1-2H3,(H,15,16)/t14-/m0/s1. The molecule has 1 aromatic heterocycles. The van der Waals surface area contributed by atoms with Crippen LogP contribution in [-0.4, -0.2) is 65.2 Å². The molecule has 2 aliphatic heterocycles. The van der Waals surface area contributed by atoms with Gasteiger partial charge in [-0.2, -0.15) is 9.40 Å². The number of carbonyl (C=O) groups is 1.